The quantitative estimate of drug-likeness (QED) is 0.692. The molecular weight excluding hydrogens is 423 g/mol. The van der Waals surface area contributed by atoms with Gasteiger partial charge in [-0.3, -0.25) is 4.90 Å². The average molecular weight is 450 g/mol. The summed E-state index contributed by atoms with van der Waals surface area (Å²) >= 11 is 6.14. The van der Waals surface area contributed by atoms with Crippen molar-refractivity contribution in [2.45, 2.75) is 37.5 Å². The second kappa shape index (κ2) is 9.67. The number of anilines is 1. The van der Waals surface area contributed by atoms with Crippen LogP contribution in [0.3, 0.4) is 0 Å². The Hall–Kier alpha value is -1.63. The van der Waals surface area contributed by atoms with Gasteiger partial charge in [0.1, 0.15) is 16.5 Å². The van der Waals surface area contributed by atoms with Gasteiger partial charge in [-0.25, -0.2) is 12.8 Å². The normalized spacial score (nSPS) is 19.5. The van der Waals surface area contributed by atoms with Gasteiger partial charge in [-0.2, -0.15) is 0 Å². The maximum atomic E-state index is 14.5. The van der Waals surface area contributed by atoms with Crippen LogP contribution in [0.4, 0.5) is 10.1 Å². The van der Waals surface area contributed by atoms with Crippen LogP contribution in [0.15, 0.2) is 42.5 Å². The molecule has 0 aromatic heterocycles. The molecule has 1 saturated heterocycles. The lowest BCUT2D eigenvalue weighted by Gasteiger charge is -2.42. The van der Waals surface area contributed by atoms with Crippen molar-refractivity contribution < 1.29 is 12.8 Å². The van der Waals surface area contributed by atoms with Crippen LogP contribution in [0.2, 0.25) is 5.02 Å². The minimum Gasteiger partial charge on any atom is -0.367 e. The predicted octanol–water partition coefficient (Wildman–Crippen LogP) is 4.28. The van der Waals surface area contributed by atoms with Crippen LogP contribution in [-0.4, -0.2) is 45.5 Å². The lowest BCUT2D eigenvalue weighted by atomic mass is 9.81. The number of benzene rings is 2. The Morgan fingerprint density at radius 1 is 1.00 bits per heavy atom. The molecule has 0 bridgehead atoms. The fourth-order valence-corrected chi connectivity index (χ4v) is 5.38. The Kier molecular flexibility index (Phi) is 6.96. The minimum atomic E-state index is -2.54. The summed E-state index contributed by atoms with van der Waals surface area (Å²) in [6.45, 7) is 3.41. The van der Waals surface area contributed by atoms with Gasteiger partial charge in [0, 0.05) is 43.2 Å². The van der Waals surface area contributed by atoms with E-state index in [9.17, 15) is 12.8 Å². The SMILES string of the molecule is O=[SH](=O)Cc1ccc(N2CCN(C3CC[C](c4cccc(Cl)c4)CC3)CC2)c(F)c1. The third kappa shape index (κ3) is 5.16. The molecule has 30 heavy (non-hydrogen) atoms. The van der Waals surface area contributed by atoms with Gasteiger partial charge in [0.15, 0.2) is 0 Å². The Labute approximate surface area is 184 Å². The van der Waals surface area contributed by atoms with Crippen molar-refractivity contribution in [3.63, 3.8) is 0 Å². The van der Waals surface area contributed by atoms with Crippen LogP contribution >= 0.6 is 11.6 Å². The fourth-order valence-electron chi connectivity index (χ4n) is 4.70. The molecule has 4 nitrogen and oxygen atoms in total. The summed E-state index contributed by atoms with van der Waals surface area (Å²) in [7, 11) is -2.54. The molecule has 0 atom stereocenters. The maximum Gasteiger partial charge on any atom is 0.146 e. The average Bonchev–Trinajstić information content (AvgIpc) is 2.74. The molecule has 0 spiro atoms. The molecular formula is C23H27ClFN2O2S. The smallest absolute Gasteiger partial charge is 0.146 e. The van der Waals surface area contributed by atoms with Gasteiger partial charge in [-0.15, -0.1) is 0 Å². The van der Waals surface area contributed by atoms with E-state index in [0.717, 1.165) is 56.9 Å². The molecule has 0 unspecified atom stereocenters. The van der Waals surface area contributed by atoms with E-state index in [1.54, 1.807) is 12.1 Å². The Morgan fingerprint density at radius 2 is 1.73 bits per heavy atom. The molecule has 1 aliphatic heterocycles. The topological polar surface area (TPSA) is 40.6 Å². The molecule has 4 rings (SSSR count). The lowest BCUT2D eigenvalue weighted by Crippen LogP contribution is -2.51. The van der Waals surface area contributed by atoms with Crippen molar-refractivity contribution in [2.24, 2.45) is 0 Å². The van der Waals surface area contributed by atoms with Crippen LogP contribution < -0.4 is 4.90 Å². The first-order valence-corrected chi connectivity index (χ1v) is 12.2. The van der Waals surface area contributed by atoms with Crippen molar-refractivity contribution in [1.29, 1.82) is 0 Å². The number of halogens is 2. The second-order valence-electron chi connectivity index (χ2n) is 8.14. The summed E-state index contributed by atoms with van der Waals surface area (Å²) in [6.07, 6.45) is 4.50. The van der Waals surface area contributed by atoms with E-state index in [0.29, 0.717) is 17.3 Å². The highest BCUT2D eigenvalue weighted by atomic mass is 35.5. The molecule has 1 saturated carbocycles. The van der Waals surface area contributed by atoms with Gasteiger partial charge in [0.25, 0.3) is 0 Å². The first kappa shape index (κ1) is 21.6. The van der Waals surface area contributed by atoms with Crippen molar-refractivity contribution >= 4 is 28.0 Å². The van der Waals surface area contributed by atoms with E-state index >= 15 is 0 Å². The van der Waals surface area contributed by atoms with Crippen LogP contribution in [0, 0.1) is 11.7 Å². The molecule has 1 heterocycles. The zero-order chi connectivity index (χ0) is 21.1. The van der Waals surface area contributed by atoms with Gasteiger partial charge in [-0.05, 0) is 61.1 Å². The summed E-state index contributed by atoms with van der Waals surface area (Å²) in [5.41, 5.74) is 2.34. The molecule has 161 valence electrons. The van der Waals surface area contributed by atoms with Crippen molar-refractivity contribution in [2.75, 3.05) is 31.1 Å². The zero-order valence-corrected chi connectivity index (χ0v) is 18.5. The summed E-state index contributed by atoms with van der Waals surface area (Å²) in [5, 5.41) is 0.792. The highest BCUT2D eigenvalue weighted by molar-refractivity contribution is 7.71. The van der Waals surface area contributed by atoms with Crippen LogP contribution in [0.25, 0.3) is 0 Å². The Bertz CT molecular complexity index is 944. The van der Waals surface area contributed by atoms with Crippen LogP contribution in [0.5, 0.6) is 0 Å². The van der Waals surface area contributed by atoms with E-state index in [-0.39, 0.29) is 11.6 Å². The molecule has 2 aromatic carbocycles. The summed E-state index contributed by atoms with van der Waals surface area (Å²) in [4.78, 5) is 4.61. The van der Waals surface area contributed by atoms with E-state index in [1.165, 1.54) is 17.5 Å². The molecule has 2 aromatic rings. The Balaban J connectivity index is 1.30. The summed E-state index contributed by atoms with van der Waals surface area (Å²) in [6, 6.07) is 13.5. The first-order chi connectivity index (χ1) is 14.5. The monoisotopic (exact) mass is 449 g/mol. The maximum absolute atomic E-state index is 14.5. The van der Waals surface area contributed by atoms with E-state index in [4.69, 9.17) is 11.6 Å². The van der Waals surface area contributed by atoms with Crippen molar-refractivity contribution in [3.05, 3.63) is 70.3 Å². The number of piperazine rings is 1. The third-order valence-electron chi connectivity index (χ3n) is 6.29. The van der Waals surface area contributed by atoms with Gasteiger partial charge in [0.2, 0.25) is 0 Å². The molecule has 2 fully saturated rings. The van der Waals surface area contributed by atoms with E-state index in [1.807, 2.05) is 12.1 Å². The molecule has 0 amide bonds. The third-order valence-corrected chi connectivity index (χ3v) is 7.15. The molecule has 7 heteroatoms. The van der Waals surface area contributed by atoms with Crippen LogP contribution in [-0.2, 0) is 16.5 Å². The number of rotatable bonds is 5. The lowest BCUT2D eigenvalue weighted by molar-refractivity contribution is 0.154. The molecule has 2 aliphatic rings. The minimum absolute atomic E-state index is 0.115. The number of nitrogens with zero attached hydrogens (tertiary/aromatic N) is 2. The predicted molar refractivity (Wildman–Crippen MR) is 120 cm³/mol. The second-order valence-corrected chi connectivity index (χ2v) is 9.56. The van der Waals surface area contributed by atoms with E-state index < -0.39 is 10.7 Å². The van der Waals surface area contributed by atoms with Gasteiger partial charge < -0.3 is 4.90 Å². The molecule has 1 aliphatic carbocycles. The highest BCUT2D eigenvalue weighted by Crippen LogP contribution is 2.35. The van der Waals surface area contributed by atoms with Crippen molar-refractivity contribution in [3.8, 4) is 0 Å². The summed E-state index contributed by atoms with van der Waals surface area (Å²) < 4.78 is 36.2. The number of thiol groups is 1. The van der Waals surface area contributed by atoms with Gasteiger partial charge in [-0.1, -0.05) is 29.8 Å². The molecule has 1 radical (unpaired) electrons. The number of hydrogen-bond acceptors (Lipinski definition) is 4. The number of hydrogen-bond donors (Lipinski definition) is 1. The van der Waals surface area contributed by atoms with Crippen molar-refractivity contribution in [1.82, 2.24) is 4.90 Å². The molecule has 0 N–H and O–H groups in total. The van der Waals surface area contributed by atoms with E-state index in [2.05, 4.69) is 21.9 Å². The van der Waals surface area contributed by atoms with Gasteiger partial charge >= 0.3 is 0 Å². The summed E-state index contributed by atoms with van der Waals surface area (Å²) in [5.74, 6) is 1.04. The standard InChI is InChI=1S/C23H27ClFN2O2S/c24-20-3-1-2-19(15-20)18-5-7-21(8-6-18)26-10-12-27(13-11-26)23-9-4-17(14-22(23)25)16-30(28)29/h1-4,9,14-15,21,30H,5-8,10-13,16H2. The first-order valence-electron chi connectivity index (χ1n) is 10.5. The highest BCUT2D eigenvalue weighted by Gasteiger charge is 2.29. The van der Waals surface area contributed by atoms with Crippen LogP contribution in [0.1, 0.15) is 36.8 Å². The Morgan fingerprint density at radius 3 is 2.37 bits per heavy atom. The largest absolute Gasteiger partial charge is 0.367 e. The fraction of sp³-hybridized carbons (Fsp3) is 0.435. The van der Waals surface area contributed by atoms with Gasteiger partial charge in [0.05, 0.1) is 11.4 Å². The zero-order valence-electron chi connectivity index (χ0n) is 16.9.